The van der Waals surface area contributed by atoms with Gasteiger partial charge in [0.2, 0.25) is 8.32 Å². The molecule has 0 aromatic heterocycles. The minimum atomic E-state index is -1.65. The first kappa shape index (κ1) is 11.1. The van der Waals surface area contributed by atoms with Crippen molar-refractivity contribution in [3.8, 4) is 17.2 Å². The molecule has 0 saturated heterocycles. The molecule has 0 bridgehead atoms. The van der Waals surface area contributed by atoms with E-state index in [0.29, 0.717) is 36.1 Å². The standard InChI is InChI=1S/C11H17NO3Si/c1-16(2,3)15-9-7-11-10(6-8(9)12)13-4-5-14-11/h6-7H,4-5,12H2,1-3H3. The molecule has 2 N–H and O–H groups in total. The maximum absolute atomic E-state index is 5.91. The number of ether oxygens (including phenoxy) is 2. The van der Waals surface area contributed by atoms with Crippen molar-refractivity contribution >= 4 is 14.0 Å². The number of nitrogens with two attached hydrogens (primary N) is 1. The van der Waals surface area contributed by atoms with Crippen molar-refractivity contribution < 1.29 is 13.9 Å². The summed E-state index contributed by atoms with van der Waals surface area (Å²) in [4.78, 5) is 0. The summed E-state index contributed by atoms with van der Waals surface area (Å²) in [5, 5.41) is 0. The van der Waals surface area contributed by atoms with Crippen molar-refractivity contribution in [2.45, 2.75) is 19.6 Å². The Bertz CT molecular complexity index is 401. The zero-order valence-electron chi connectivity index (χ0n) is 9.87. The van der Waals surface area contributed by atoms with Crippen molar-refractivity contribution in [2.75, 3.05) is 18.9 Å². The van der Waals surface area contributed by atoms with E-state index < -0.39 is 8.32 Å². The van der Waals surface area contributed by atoms with E-state index in [-0.39, 0.29) is 0 Å². The van der Waals surface area contributed by atoms with E-state index >= 15 is 0 Å². The highest BCUT2D eigenvalue weighted by Gasteiger charge is 2.21. The zero-order valence-corrected chi connectivity index (χ0v) is 10.9. The molecule has 0 fully saturated rings. The summed E-state index contributed by atoms with van der Waals surface area (Å²) < 4.78 is 16.8. The molecular formula is C11H17NO3Si. The Morgan fingerprint density at radius 3 is 2.25 bits per heavy atom. The van der Waals surface area contributed by atoms with Gasteiger partial charge in [-0.05, 0) is 19.6 Å². The van der Waals surface area contributed by atoms with E-state index in [4.69, 9.17) is 19.6 Å². The molecule has 1 aromatic carbocycles. The van der Waals surface area contributed by atoms with Gasteiger partial charge in [-0.25, -0.2) is 0 Å². The van der Waals surface area contributed by atoms with Crippen LogP contribution in [0.15, 0.2) is 12.1 Å². The molecule has 0 aliphatic carbocycles. The van der Waals surface area contributed by atoms with Crippen LogP contribution in [0.4, 0.5) is 5.69 Å². The SMILES string of the molecule is C[Si](C)(C)Oc1cc2c(cc1N)OCCO2. The Balaban J connectivity index is 2.32. The minimum Gasteiger partial charge on any atom is -0.543 e. The largest absolute Gasteiger partial charge is 0.543 e. The van der Waals surface area contributed by atoms with Crippen molar-refractivity contribution in [1.29, 1.82) is 0 Å². The average Bonchev–Trinajstić information content (AvgIpc) is 2.17. The summed E-state index contributed by atoms with van der Waals surface area (Å²) in [7, 11) is -1.65. The normalized spacial score (nSPS) is 14.7. The van der Waals surface area contributed by atoms with Gasteiger partial charge in [0, 0.05) is 12.1 Å². The second kappa shape index (κ2) is 3.90. The minimum absolute atomic E-state index is 0.570. The number of nitrogen functional groups attached to an aromatic ring is 1. The lowest BCUT2D eigenvalue weighted by atomic mass is 10.2. The molecule has 1 aromatic rings. The maximum Gasteiger partial charge on any atom is 0.242 e. The lowest BCUT2D eigenvalue weighted by Gasteiger charge is -2.24. The van der Waals surface area contributed by atoms with Gasteiger partial charge in [0.25, 0.3) is 0 Å². The smallest absolute Gasteiger partial charge is 0.242 e. The molecule has 5 heteroatoms. The van der Waals surface area contributed by atoms with E-state index in [2.05, 4.69) is 19.6 Å². The molecule has 0 radical (unpaired) electrons. The summed E-state index contributed by atoms with van der Waals surface area (Å²) in [6.07, 6.45) is 0. The Morgan fingerprint density at radius 2 is 1.69 bits per heavy atom. The molecule has 0 spiro atoms. The number of hydrogen-bond donors (Lipinski definition) is 1. The van der Waals surface area contributed by atoms with Crippen LogP contribution < -0.4 is 19.6 Å². The van der Waals surface area contributed by atoms with Crippen molar-refractivity contribution in [3.63, 3.8) is 0 Å². The number of benzene rings is 1. The van der Waals surface area contributed by atoms with Gasteiger partial charge in [0.05, 0.1) is 5.69 Å². The van der Waals surface area contributed by atoms with Crippen molar-refractivity contribution in [1.82, 2.24) is 0 Å². The molecular weight excluding hydrogens is 222 g/mol. The van der Waals surface area contributed by atoms with Crippen LogP contribution in [-0.4, -0.2) is 21.5 Å². The lowest BCUT2D eigenvalue weighted by molar-refractivity contribution is 0.171. The fourth-order valence-corrected chi connectivity index (χ4v) is 2.34. The van der Waals surface area contributed by atoms with Crippen LogP contribution in [0.5, 0.6) is 17.2 Å². The zero-order chi connectivity index (χ0) is 11.8. The van der Waals surface area contributed by atoms with Gasteiger partial charge < -0.3 is 19.6 Å². The molecule has 0 amide bonds. The molecule has 1 aliphatic rings. The van der Waals surface area contributed by atoms with Crippen LogP contribution in [0.2, 0.25) is 19.6 Å². The lowest BCUT2D eigenvalue weighted by Crippen LogP contribution is -2.29. The summed E-state index contributed by atoms with van der Waals surface area (Å²) in [6.45, 7) is 7.49. The van der Waals surface area contributed by atoms with E-state index in [1.165, 1.54) is 0 Å². The summed E-state index contributed by atoms with van der Waals surface area (Å²) in [5.74, 6) is 2.11. The third kappa shape index (κ3) is 2.41. The van der Waals surface area contributed by atoms with Crippen molar-refractivity contribution in [3.05, 3.63) is 12.1 Å². The van der Waals surface area contributed by atoms with E-state index in [0.717, 1.165) is 0 Å². The van der Waals surface area contributed by atoms with Gasteiger partial charge in [-0.1, -0.05) is 0 Å². The monoisotopic (exact) mass is 239 g/mol. The van der Waals surface area contributed by atoms with E-state index in [9.17, 15) is 0 Å². The predicted molar refractivity (Wildman–Crippen MR) is 65.8 cm³/mol. The fraction of sp³-hybridized carbons (Fsp3) is 0.455. The summed E-state index contributed by atoms with van der Waals surface area (Å²) >= 11 is 0. The number of hydrogen-bond acceptors (Lipinski definition) is 4. The topological polar surface area (TPSA) is 53.7 Å². The Labute approximate surface area is 96.4 Å². The van der Waals surface area contributed by atoms with Crippen LogP contribution in [-0.2, 0) is 0 Å². The first-order chi connectivity index (χ1) is 7.46. The number of rotatable bonds is 2. The molecule has 0 atom stereocenters. The van der Waals surface area contributed by atoms with Gasteiger partial charge in [0.15, 0.2) is 11.5 Å². The Hall–Kier alpha value is -1.36. The molecule has 16 heavy (non-hydrogen) atoms. The molecule has 0 unspecified atom stereocenters. The molecule has 0 saturated carbocycles. The predicted octanol–water partition coefficient (Wildman–Crippen LogP) is 2.25. The summed E-state index contributed by atoms with van der Waals surface area (Å²) in [5.41, 5.74) is 6.52. The third-order valence-electron chi connectivity index (χ3n) is 2.09. The van der Waals surface area contributed by atoms with Crippen LogP contribution >= 0.6 is 0 Å². The van der Waals surface area contributed by atoms with E-state index in [1.54, 1.807) is 6.07 Å². The summed E-state index contributed by atoms with van der Waals surface area (Å²) in [6, 6.07) is 3.59. The second-order valence-electron chi connectivity index (χ2n) is 4.75. The maximum atomic E-state index is 5.91. The van der Waals surface area contributed by atoms with Gasteiger partial charge >= 0.3 is 0 Å². The first-order valence-corrected chi connectivity index (χ1v) is 8.75. The highest BCUT2D eigenvalue weighted by molar-refractivity contribution is 6.70. The first-order valence-electron chi connectivity index (χ1n) is 5.34. The van der Waals surface area contributed by atoms with Gasteiger partial charge in [0.1, 0.15) is 19.0 Å². The molecule has 1 aliphatic heterocycles. The third-order valence-corrected chi connectivity index (χ3v) is 2.92. The second-order valence-corrected chi connectivity index (χ2v) is 9.18. The van der Waals surface area contributed by atoms with Gasteiger partial charge in [-0.2, -0.15) is 0 Å². The number of fused-ring (bicyclic) bond motifs is 1. The highest BCUT2D eigenvalue weighted by atomic mass is 28.4. The van der Waals surface area contributed by atoms with Crippen LogP contribution in [0.1, 0.15) is 0 Å². The molecule has 1 heterocycles. The highest BCUT2D eigenvalue weighted by Crippen LogP contribution is 2.38. The van der Waals surface area contributed by atoms with E-state index in [1.807, 2.05) is 6.07 Å². The van der Waals surface area contributed by atoms with Crippen LogP contribution in [0.25, 0.3) is 0 Å². The fourth-order valence-electron chi connectivity index (χ4n) is 1.50. The Kier molecular flexibility index (Phi) is 2.71. The van der Waals surface area contributed by atoms with Crippen LogP contribution in [0, 0.1) is 0 Å². The molecule has 4 nitrogen and oxygen atoms in total. The Morgan fingerprint density at radius 1 is 1.12 bits per heavy atom. The number of anilines is 1. The van der Waals surface area contributed by atoms with Crippen LogP contribution in [0.3, 0.4) is 0 Å². The quantitative estimate of drug-likeness (QED) is 0.635. The van der Waals surface area contributed by atoms with Gasteiger partial charge in [-0.15, -0.1) is 0 Å². The molecule has 88 valence electrons. The molecule has 2 rings (SSSR count). The van der Waals surface area contributed by atoms with Crippen molar-refractivity contribution in [2.24, 2.45) is 0 Å². The average molecular weight is 239 g/mol. The van der Waals surface area contributed by atoms with Gasteiger partial charge in [-0.3, -0.25) is 0 Å².